The van der Waals surface area contributed by atoms with Crippen LogP contribution in [0.15, 0.2) is 65.4 Å². The molecule has 2 aromatic carbocycles. The van der Waals surface area contributed by atoms with Gasteiger partial charge in [0.15, 0.2) is 0 Å². The van der Waals surface area contributed by atoms with Crippen LogP contribution in [-0.4, -0.2) is 23.9 Å². The van der Waals surface area contributed by atoms with Gasteiger partial charge < -0.3 is 5.32 Å². The molecule has 3 nitrogen and oxygen atoms in total. The number of benzene rings is 2. The molecule has 0 saturated heterocycles. The van der Waals surface area contributed by atoms with Crippen LogP contribution >= 0.6 is 11.3 Å². The highest BCUT2D eigenvalue weighted by Crippen LogP contribution is 2.28. The lowest BCUT2D eigenvalue weighted by Crippen LogP contribution is -2.40. The largest absolute Gasteiger partial charge is 0.354 e. The zero-order valence-electron chi connectivity index (χ0n) is 16.2. The first kappa shape index (κ1) is 18.9. The molecule has 0 saturated carbocycles. The summed E-state index contributed by atoms with van der Waals surface area (Å²) in [6.45, 7) is 4.65. The minimum atomic E-state index is 0.0863. The van der Waals surface area contributed by atoms with E-state index in [-0.39, 0.29) is 11.9 Å². The SMILES string of the molecule is Cc1cccc(CC(=O)NCC(c2ccsc2)N2CCc3ccccc3C2)c1. The standard InChI is InChI=1S/C24H26N2OS/c1-18-5-4-6-19(13-18)14-24(27)25-15-23(22-10-12-28-17-22)26-11-9-20-7-2-3-8-21(20)16-26/h2-8,10,12-13,17,23H,9,11,14-16H2,1H3,(H,25,27). The summed E-state index contributed by atoms with van der Waals surface area (Å²) in [6, 6.07) is 19.3. The summed E-state index contributed by atoms with van der Waals surface area (Å²) in [5.41, 5.74) is 6.40. The maximum absolute atomic E-state index is 12.6. The number of fused-ring (bicyclic) bond motifs is 1. The van der Waals surface area contributed by atoms with Crippen molar-refractivity contribution in [1.29, 1.82) is 0 Å². The van der Waals surface area contributed by atoms with Gasteiger partial charge in [0.2, 0.25) is 5.91 Å². The Morgan fingerprint density at radius 1 is 1.14 bits per heavy atom. The van der Waals surface area contributed by atoms with Gasteiger partial charge in [-0.3, -0.25) is 9.69 Å². The Balaban J connectivity index is 1.43. The second-order valence-corrected chi connectivity index (χ2v) is 8.31. The van der Waals surface area contributed by atoms with Crippen LogP contribution in [0.1, 0.15) is 33.9 Å². The van der Waals surface area contributed by atoms with Crippen molar-refractivity contribution in [3.8, 4) is 0 Å². The fraction of sp³-hybridized carbons (Fsp3) is 0.292. The van der Waals surface area contributed by atoms with Gasteiger partial charge in [0.25, 0.3) is 0 Å². The summed E-state index contributed by atoms with van der Waals surface area (Å²) in [4.78, 5) is 15.0. The molecular formula is C24H26N2OS. The van der Waals surface area contributed by atoms with Gasteiger partial charge in [0.1, 0.15) is 0 Å². The third-order valence-corrected chi connectivity index (χ3v) is 6.17. The van der Waals surface area contributed by atoms with Crippen LogP contribution in [0, 0.1) is 6.92 Å². The van der Waals surface area contributed by atoms with Gasteiger partial charge in [0, 0.05) is 19.6 Å². The van der Waals surface area contributed by atoms with Crippen LogP contribution in [0.2, 0.25) is 0 Å². The maximum atomic E-state index is 12.6. The van der Waals surface area contributed by atoms with Crippen LogP contribution in [0.3, 0.4) is 0 Å². The molecule has 28 heavy (non-hydrogen) atoms. The molecule has 0 radical (unpaired) electrons. The second-order valence-electron chi connectivity index (χ2n) is 7.53. The zero-order valence-corrected chi connectivity index (χ0v) is 17.0. The molecule has 1 N–H and O–H groups in total. The van der Waals surface area contributed by atoms with Crippen molar-refractivity contribution in [3.05, 3.63) is 93.2 Å². The van der Waals surface area contributed by atoms with Crippen LogP contribution in [0.5, 0.6) is 0 Å². The van der Waals surface area contributed by atoms with E-state index in [0.717, 1.165) is 25.1 Å². The van der Waals surface area contributed by atoms with Crippen molar-refractivity contribution >= 4 is 17.2 Å². The molecule has 1 aliphatic heterocycles. The first-order chi connectivity index (χ1) is 13.7. The van der Waals surface area contributed by atoms with Crippen LogP contribution < -0.4 is 5.32 Å². The van der Waals surface area contributed by atoms with E-state index in [1.165, 1.54) is 22.3 Å². The maximum Gasteiger partial charge on any atom is 0.224 e. The number of nitrogens with one attached hydrogen (secondary N) is 1. The molecule has 1 aliphatic rings. The lowest BCUT2D eigenvalue weighted by atomic mass is 9.97. The van der Waals surface area contributed by atoms with Gasteiger partial charge in [-0.2, -0.15) is 11.3 Å². The van der Waals surface area contributed by atoms with Gasteiger partial charge in [0.05, 0.1) is 12.5 Å². The van der Waals surface area contributed by atoms with Gasteiger partial charge in [-0.15, -0.1) is 0 Å². The molecule has 2 heterocycles. The number of thiophene rings is 1. The van der Waals surface area contributed by atoms with Crippen LogP contribution in [-0.2, 0) is 24.2 Å². The number of aryl methyl sites for hydroxylation is 1. The number of hydrogen-bond acceptors (Lipinski definition) is 3. The predicted octanol–water partition coefficient (Wildman–Crippen LogP) is 4.51. The van der Waals surface area contributed by atoms with E-state index < -0.39 is 0 Å². The summed E-state index contributed by atoms with van der Waals surface area (Å²) in [6.07, 6.45) is 1.49. The fourth-order valence-corrected chi connectivity index (χ4v) is 4.69. The van der Waals surface area contributed by atoms with Gasteiger partial charge in [-0.25, -0.2) is 0 Å². The van der Waals surface area contributed by atoms with Crippen LogP contribution in [0.4, 0.5) is 0 Å². The molecule has 144 valence electrons. The first-order valence-corrected chi connectivity index (χ1v) is 10.8. The topological polar surface area (TPSA) is 32.3 Å². The molecule has 1 amide bonds. The van der Waals surface area contributed by atoms with Gasteiger partial charge in [-0.1, -0.05) is 54.1 Å². The summed E-state index contributed by atoms with van der Waals surface area (Å²) in [5.74, 6) is 0.0863. The predicted molar refractivity (Wildman–Crippen MR) is 116 cm³/mol. The van der Waals surface area contributed by atoms with E-state index in [1.807, 2.05) is 12.1 Å². The highest BCUT2D eigenvalue weighted by Gasteiger charge is 2.25. The number of carbonyl (C=O) groups is 1. The Kier molecular flexibility index (Phi) is 5.89. The second kappa shape index (κ2) is 8.72. The minimum absolute atomic E-state index is 0.0863. The Morgan fingerprint density at radius 2 is 2.00 bits per heavy atom. The third kappa shape index (κ3) is 4.51. The van der Waals surface area contributed by atoms with E-state index in [4.69, 9.17) is 0 Å². The quantitative estimate of drug-likeness (QED) is 0.671. The molecule has 0 fully saturated rings. The van der Waals surface area contributed by atoms with Crippen molar-refractivity contribution in [2.75, 3.05) is 13.1 Å². The monoisotopic (exact) mass is 390 g/mol. The number of hydrogen-bond donors (Lipinski definition) is 1. The van der Waals surface area contributed by atoms with Crippen molar-refractivity contribution < 1.29 is 4.79 Å². The summed E-state index contributed by atoms with van der Waals surface area (Å²) < 4.78 is 0. The number of nitrogens with zero attached hydrogens (tertiary/aromatic N) is 1. The van der Waals surface area contributed by atoms with Crippen molar-refractivity contribution in [1.82, 2.24) is 10.2 Å². The molecule has 1 unspecified atom stereocenters. The average Bonchev–Trinajstić information content (AvgIpc) is 3.22. The third-order valence-electron chi connectivity index (χ3n) is 5.47. The normalized spacial score (nSPS) is 15.0. The van der Waals surface area contributed by atoms with Gasteiger partial charge in [-0.05, 0) is 52.4 Å². The lowest BCUT2D eigenvalue weighted by Gasteiger charge is -2.35. The highest BCUT2D eigenvalue weighted by atomic mass is 32.1. The Bertz CT molecular complexity index is 935. The average molecular weight is 391 g/mol. The molecule has 0 aliphatic carbocycles. The molecular weight excluding hydrogens is 364 g/mol. The lowest BCUT2D eigenvalue weighted by molar-refractivity contribution is -0.120. The number of carbonyl (C=O) groups excluding carboxylic acids is 1. The van der Waals surface area contributed by atoms with E-state index >= 15 is 0 Å². The smallest absolute Gasteiger partial charge is 0.224 e. The summed E-state index contributed by atoms with van der Waals surface area (Å²) in [5, 5.41) is 7.51. The molecule has 0 spiro atoms. The summed E-state index contributed by atoms with van der Waals surface area (Å²) >= 11 is 1.72. The molecule has 1 atom stereocenters. The fourth-order valence-electron chi connectivity index (χ4n) is 3.99. The molecule has 4 rings (SSSR count). The van der Waals surface area contributed by atoms with Crippen molar-refractivity contribution in [2.45, 2.75) is 32.4 Å². The Morgan fingerprint density at radius 3 is 2.79 bits per heavy atom. The molecule has 0 bridgehead atoms. The number of amides is 1. The number of rotatable bonds is 6. The summed E-state index contributed by atoms with van der Waals surface area (Å²) in [7, 11) is 0. The van der Waals surface area contributed by atoms with E-state index in [1.54, 1.807) is 11.3 Å². The Hall–Kier alpha value is -2.43. The molecule has 4 heteroatoms. The Labute approximate surface area is 171 Å². The highest BCUT2D eigenvalue weighted by molar-refractivity contribution is 7.07. The first-order valence-electron chi connectivity index (χ1n) is 9.84. The van der Waals surface area contributed by atoms with Crippen LogP contribution in [0.25, 0.3) is 0 Å². The molecule has 3 aromatic rings. The van der Waals surface area contributed by atoms with E-state index in [9.17, 15) is 4.79 Å². The van der Waals surface area contributed by atoms with Crippen molar-refractivity contribution in [3.63, 3.8) is 0 Å². The zero-order chi connectivity index (χ0) is 19.3. The van der Waals surface area contributed by atoms with Gasteiger partial charge >= 0.3 is 0 Å². The van der Waals surface area contributed by atoms with Crippen molar-refractivity contribution in [2.24, 2.45) is 0 Å². The minimum Gasteiger partial charge on any atom is -0.354 e. The van der Waals surface area contributed by atoms with E-state index in [2.05, 4.69) is 70.4 Å². The molecule has 1 aromatic heterocycles. The van der Waals surface area contributed by atoms with E-state index in [0.29, 0.717) is 13.0 Å².